The van der Waals surface area contributed by atoms with E-state index >= 15 is 0 Å². The molecule has 26 heteroatoms. The fraction of sp³-hybridized carbons (Fsp3) is 0.544. The van der Waals surface area contributed by atoms with Crippen LogP contribution in [0.4, 0.5) is 28.8 Å². The Morgan fingerprint density at radius 1 is 0.602 bits per heavy atom. The van der Waals surface area contributed by atoms with Crippen LogP contribution >= 0.6 is 47.2 Å². The van der Waals surface area contributed by atoms with Gasteiger partial charge in [0.25, 0.3) is 11.8 Å². The number of hydrogen-bond donors (Lipinski definition) is 3. The second-order valence-electron chi connectivity index (χ2n) is 23.3. The molecular weight excluding hydrogens is 1180 g/mol. The van der Waals surface area contributed by atoms with Crippen molar-refractivity contribution in [3.63, 3.8) is 0 Å². The van der Waals surface area contributed by atoms with Crippen LogP contribution in [-0.4, -0.2) is 145 Å². The number of benzene rings is 2. The van der Waals surface area contributed by atoms with Crippen LogP contribution in [0.5, 0.6) is 0 Å². The Balaban J connectivity index is 0.000000172. The molecule has 6 aromatic rings. The highest BCUT2D eigenvalue weighted by Gasteiger charge is 2.41. The van der Waals surface area contributed by atoms with Crippen LogP contribution in [0, 0.1) is 11.8 Å². The topological polar surface area (TPSA) is 215 Å². The van der Waals surface area contributed by atoms with Crippen LogP contribution in [0.25, 0.3) is 11.3 Å². The lowest BCUT2D eigenvalue weighted by atomic mass is 9.95. The quantitative estimate of drug-likeness (QED) is 0.103. The molecule has 13 rings (SSSR count). The lowest BCUT2D eigenvalue weighted by molar-refractivity contribution is 0.0600. The summed E-state index contributed by atoms with van der Waals surface area (Å²) in [5, 5.41) is 14.3. The number of rotatable bonds is 11. The maximum atomic E-state index is 14.0. The Labute approximate surface area is 507 Å². The van der Waals surface area contributed by atoms with E-state index in [1.165, 1.54) is 75.9 Å². The van der Waals surface area contributed by atoms with Crippen molar-refractivity contribution in [2.45, 2.75) is 121 Å². The predicted octanol–water partition coefficient (Wildman–Crippen LogP) is 10.1. The van der Waals surface area contributed by atoms with E-state index in [-0.39, 0.29) is 58.8 Å². The summed E-state index contributed by atoms with van der Waals surface area (Å²) >= 11 is 18.9. The van der Waals surface area contributed by atoms with Gasteiger partial charge in [-0.2, -0.15) is 19.2 Å². The molecule has 7 fully saturated rings. The van der Waals surface area contributed by atoms with Crippen molar-refractivity contribution in [1.29, 1.82) is 0 Å². The number of amides is 2. The van der Waals surface area contributed by atoms with Crippen LogP contribution in [0.1, 0.15) is 142 Å². The third-order valence-corrected chi connectivity index (χ3v) is 18.9. The number of halogens is 4. The first-order valence-electron chi connectivity index (χ1n) is 28.9. The second-order valence-corrected chi connectivity index (χ2v) is 28.1. The average Bonchev–Trinajstić information content (AvgIpc) is 2.72. The zero-order valence-electron chi connectivity index (χ0n) is 47.3. The van der Waals surface area contributed by atoms with Crippen molar-refractivity contribution in [2.75, 3.05) is 89.0 Å². The van der Waals surface area contributed by atoms with Gasteiger partial charge in [-0.15, -0.1) is 12.4 Å². The molecule has 1 saturated carbocycles. The van der Waals surface area contributed by atoms with Gasteiger partial charge in [-0.25, -0.2) is 26.8 Å². The number of likely N-dealkylation sites (tertiary alicyclic amines) is 2. The number of hydrogen-bond acceptors (Lipinski definition) is 14. The van der Waals surface area contributed by atoms with Gasteiger partial charge < -0.3 is 29.8 Å². The molecule has 83 heavy (non-hydrogen) atoms. The Morgan fingerprint density at radius 3 is 1.60 bits per heavy atom. The van der Waals surface area contributed by atoms with Gasteiger partial charge >= 0.3 is 0 Å². The molecule has 0 spiro atoms. The molecule has 2 aromatic carbocycles. The summed E-state index contributed by atoms with van der Waals surface area (Å²) in [6, 6.07) is 17.6. The van der Waals surface area contributed by atoms with Gasteiger partial charge in [0.1, 0.15) is 22.6 Å². The van der Waals surface area contributed by atoms with E-state index in [1.807, 2.05) is 32.1 Å². The van der Waals surface area contributed by atoms with E-state index in [9.17, 15) is 26.4 Å². The summed E-state index contributed by atoms with van der Waals surface area (Å²) < 4.78 is 56.7. The highest BCUT2D eigenvalue weighted by Crippen LogP contribution is 2.43. The smallest absolute Gasteiger partial charge is 0.256 e. The number of anilines is 5. The lowest BCUT2D eigenvalue weighted by Crippen LogP contribution is -2.42. The Kier molecular flexibility index (Phi) is 18.5. The first kappa shape index (κ1) is 60.8. The fourth-order valence-electron chi connectivity index (χ4n) is 12.6. The molecule has 6 saturated heterocycles. The SMILES string of the molecule is C1CNC1.CS(=O)(=O)Nc1ccc(Cl)cc1C(=O)N1CCCC[C@H]1c1cc2nc(N3CCC3)cc(N3C[C@@H]4CC[C@H]3C4)n2n1.C[C@H]1CC[C@@H](C)N(c2cc(Cl)nc3cc([C@@H]4CCCCN4C(=O)c4cc(Cl)ccc4NS(C)(=O)=O)nn23)C1.Cl. The van der Waals surface area contributed by atoms with Gasteiger partial charge in [-0.05, 0) is 152 Å². The molecule has 1 aliphatic carbocycles. The van der Waals surface area contributed by atoms with Crippen LogP contribution in [0.3, 0.4) is 0 Å². The normalized spacial score (nSPS) is 23.3. The zero-order chi connectivity index (χ0) is 57.6. The minimum absolute atomic E-state index is 0. The summed E-state index contributed by atoms with van der Waals surface area (Å²) in [5.41, 5.74) is 3.84. The maximum Gasteiger partial charge on any atom is 0.256 e. The van der Waals surface area contributed by atoms with Crippen molar-refractivity contribution >= 4 is 119 Å². The molecule has 2 bridgehead atoms. The Morgan fingerprint density at radius 2 is 1.13 bits per heavy atom. The van der Waals surface area contributed by atoms with E-state index < -0.39 is 20.0 Å². The predicted molar refractivity (Wildman–Crippen MR) is 331 cm³/mol. The van der Waals surface area contributed by atoms with Crippen molar-refractivity contribution in [3.8, 4) is 0 Å². The highest BCUT2D eigenvalue weighted by molar-refractivity contribution is 7.92. The molecular formula is C57H74Cl4N14O6S2. The van der Waals surface area contributed by atoms with Crippen molar-refractivity contribution in [3.05, 3.63) is 98.4 Å². The fourth-order valence-corrected chi connectivity index (χ4v) is 14.3. The number of carbonyl (C=O) groups is 2. The monoisotopic (exact) mass is 1250 g/mol. The third kappa shape index (κ3) is 13.7. The highest BCUT2D eigenvalue weighted by atomic mass is 35.5. The summed E-state index contributed by atoms with van der Waals surface area (Å²) in [5.74, 6) is 3.72. The van der Waals surface area contributed by atoms with Gasteiger partial charge in [-0.3, -0.25) is 19.0 Å². The molecule has 20 nitrogen and oxygen atoms in total. The van der Waals surface area contributed by atoms with Gasteiger partial charge in [0.2, 0.25) is 20.0 Å². The molecule has 0 radical (unpaired) electrons. The van der Waals surface area contributed by atoms with Crippen LogP contribution in [0.2, 0.25) is 15.2 Å². The van der Waals surface area contributed by atoms with Crippen LogP contribution in [-0.2, 0) is 20.0 Å². The molecule has 6 aliphatic heterocycles. The van der Waals surface area contributed by atoms with Crippen LogP contribution < -0.4 is 29.5 Å². The van der Waals surface area contributed by atoms with Gasteiger partial charge in [0.05, 0.1) is 58.5 Å². The van der Waals surface area contributed by atoms with E-state index in [0.717, 1.165) is 124 Å². The Bertz CT molecular complexity index is 3600. The van der Waals surface area contributed by atoms with Crippen molar-refractivity contribution in [2.24, 2.45) is 11.8 Å². The number of aromatic nitrogens is 6. The molecule has 4 aromatic heterocycles. The Hall–Kier alpha value is -5.36. The summed E-state index contributed by atoms with van der Waals surface area (Å²) in [4.78, 5) is 48.1. The molecule has 10 heterocycles. The summed E-state index contributed by atoms with van der Waals surface area (Å²) in [6.45, 7) is 12.0. The van der Waals surface area contributed by atoms with Crippen molar-refractivity contribution in [1.82, 2.24) is 44.3 Å². The molecule has 2 amide bonds. The third-order valence-electron chi connectivity index (χ3n) is 17.0. The van der Waals surface area contributed by atoms with Gasteiger partial charge in [-0.1, -0.05) is 41.7 Å². The summed E-state index contributed by atoms with van der Waals surface area (Å²) in [6.07, 6.45) is 15.8. The first-order chi connectivity index (χ1) is 39.2. The molecule has 0 unspecified atom stereocenters. The van der Waals surface area contributed by atoms with E-state index in [0.29, 0.717) is 51.9 Å². The number of carbonyl (C=O) groups excluding carboxylic acids is 2. The van der Waals surface area contributed by atoms with Gasteiger partial charge in [0.15, 0.2) is 11.3 Å². The minimum atomic E-state index is -3.59. The number of nitrogens with zero attached hydrogens (tertiary/aromatic N) is 11. The number of piperidine rings is 4. The van der Waals surface area contributed by atoms with Crippen LogP contribution in [0.15, 0.2) is 60.7 Å². The second kappa shape index (κ2) is 25.3. The van der Waals surface area contributed by atoms with E-state index in [2.05, 4.69) is 54.4 Å². The number of nitrogens with one attached hydrogen (secondary N) is 3. The number of sulfonamides is 2. The van der Waals surface area contributed by atoms with E-state index in [4.69, 9.17) is 50.0 Å². The molecule has 6 atom stereocenters. The van der Waals surface area contributed by atoms with Gasteiger partial charge in [0, 0.05) is 85.7 Å². The largest absolute Gasteiger partial charge is 0.356 e. The lowest BCUT2D eigenvalue weighted by Gasteiger charge is -2.38. The number of fused-ring (bicyclic) bond motifs is 4. The van der Waals surface area contributed by atoms with E-state index in [1.54, 1.807) is 17.0 Å². The summed E-state index contributed by atoms with van der Waals surface area (Å²) in [7, 11) is -7.17. The average molecular weight is 1260 g/mol. The van der Waals surface area contributed by atoms with Crippen molar-refractivity contribution < 1.29 is 26.4 Å². The first-order valence-corrected chi connectivity index (χ1v) is 33.8. The zero-order valence-corrected chi connectivity index (χ0v) is 52.0. The molecule has 7 aliphatic rings. The maximum absolute atomic E-state index is 14.0. The standard InChI is InChI=1S/C28H34ClN7O3S.C26H32Cl2N6O3S.C3H7N.ClH/c1-40(38,39)32-22-9-7-19(29)14-21(22)28(37)34-12-3-2-5-24(34)23-15-26-30-25(33-10-4-11-33)16-27(36(26)31-23)35-17-18-6-8-20(35)13-18;1-16-7-8-17(2)33(15-16)25-14-23(28)29-24-13-21(30-34(24)25)22-6-4-5-11-32(22)26(35)19-12-18(27)9-10-20(19)31-38(3,36)37;1-2-4-3-1;/h7,9,14-16,18,20,24,32H,2-6,8,10-13,17H2,1H3;9-10,12-14,16-17,22,31H,4-8,11,15H2,1-3H3;4H,1-3H2;1H/t18-,20+,24+;16-,17+,22-;;/m10../s1. The molecule has 448 valence electrons. The molecule has 3 N–H and O–H groups in total. The minimum Gasteiger partial charge on any atom is -0.356 e.